The summed E-state index contributed by atoms with van der Waals surface area (Å²) in [7, 11) is 1.28. The van der Waals surface area contributed by atoms with Crippen molar-refractivity contribution in [2.45, 2.75) is 13.8 Å². The lowest BCUT2D eigenvalue weighted by atomic mass is 10.0. The number of carbonyl (C=O) groups is 2. The molecule has 0 radical (unpaired) electrons. The molecule has 2 heterocycles. The summed E-state index contributed by atoms with van der Waals surface area (Å²) in [6.07, 6.45) is 0. The third-order valence-corrected chi connectivity index (χ3v) is 6.47. The van der Waals surface area contributed by atoms with Gasteiger partial charge in [-0.25, -0.2) is 9.78 Å². The molecule has 4 aromatic rings. The van der Waals surface area contributed by atoms with Crippen LogP contribution < -0.4 is 10.1 Å². The van der Waals surface area contributed by atoms with Gasteiger partial charge in [-0.05, 0) is 55.8 Å². The first kappa shape index (κ1) is 23.0. The molecule has 1 N–H and O–H groups in total. The van der Waals surface area contributed by atoms with Crippen molar-refractivity contribution in [3.8, 4) is 23.1 Å². The van der Waals surface area contributed by atoms with Gasteiger partial charge in [-0.1, -0.05) is 18.2 Å². The summed E-state index contributed by atoms with van der Waals surface area (Å²) in [6.45, 7) is 4.15. The highest BCUT2D eigenvalue weighted by molar-refractivity contribution is 7.18. The highest BCUT2D eigenvalue weighted by Gasteiger charge is 2.23. The van der Waals surface area contributed by atoms with Gasteiger partial charge in [0, 0.05) is 10.9 Å². The molecule has 0 unspecified atom stereocenters. The van der Waals surface area contributed by atoms with Crippen molar-refractivity contribution in [1.29, 1.82) is 5.26 Å². The molecule has 0 aliphatic rings. The fraction of sp³-hybridized carbons (Fsp3) is 0.154. The molecule has 0 saturated heterocycles. The van der Waals surface area contributed by atoms with Crippen molar-refractivity contribution in [3.05, 3.63) is 76.2 Å². The van der Waals surface area contributed by atoms with Gasteiger partial charge >= 0.3 is 5.97 Å². The molecule has 170 valence electrons. The first-order valence-electron chi connectivity index (χ1n) is 10.5. The molecular weight excluding hydrogens is 450 g/mol. The highest BCUT2D eigenvalue weighted by Crippen LogP contribution is 2.34. The predicted molar refractivity (Wildman–Crippen MR) is 131 cm³/mol. The number of amides is 1. The molecule has 8 heteroatoms. The van der Waals surface area contributed by atoms with E-state index in [1.807, 2.05) is 55.5 Å². The minimum Gasteiger partial charge on any atom is -0.494 e. The second-order valence-corrected chi connectivity index (χ2v) is 8.37. The molecule has 7 nitrogen and oxygen atoms in total. The molecule has 0 spiro atoms. The molecule has 2 aromatic carbocycles. The topological polar surface area (TPSA) is 101 Å². The zero-order valence-corrected chi connectivity index (χ0v) is 19.7. The van der Waals surface area contributed by atoms with E-state index in [4.69, 9.17) is 14.5 Å². The van der Waals surface area contributed by atoms with E-state index in [1.165, 1.54) is 7.11 Å². The number of hydrogen-bond donors (Lipinski definition) is 1. The van der Waals surface area contributed by atoms with E-state index in [-0.39, 0.29) is 10.4 Å². The predicted octanol–water partition coefficient (Wildman–Crippen LogP) is 5.58. The zero-order chi connectivity index (χ0) is 24.2. The van der Waals surface area contributed by atoms with Gasteiger partial charge in [0.15, 0.2) is 0 Å². The second-order valence-electron chi connectivity index (χ2n) is 7.35. The van der Waals surface area contributed by atoms with Crippen LogP contribution in [0.1, 0.15) is 38.1 Å². The number of thiophene rings is 1. The fourth-order valence-corrected chi connectivity index (χ4v) is 4.66. The average molecular weight is 472 g/mol. The number of nitriles is 1. The summed E-state index contributed by atoms with van der Waals surface area (Å²) in [5, 5.41) is 13.4. The van der Waals surface area contributed by atoms with Gasteiger partial charge in [0.1, 0.15) is 21.7 Å². The SMILES string of the molecule is CCOc1ccc(-c2cc(C(=O)Nc3sc(C(=O)OC)c(C)c3C#N)c3ccccc3n2)cc1. The number of anilines is 1. The first-order chi connectivity index (χ1) is 16.5. The van der Waals surface area contributed by atoms with E-state index in [0.29, 0.717) is 39.3 Å². The summed E-state index contributed by atoms with van der Waals surface area (Å²) in [5.41, 5.74) is 3.25. The highest BCUT2D eigenvalue weighted by atomic mass is 32.1. The summed E-state index contributed by atoms with van der Waals surface area (Å²) in [6, 6.07) is 18.7. The number of nitrogens with zero attached hydrogens (tertiary/aromatic N) is 2. The molecule has 0 atom stereocenters. The number of aromatic nitrogens is 1. The minimum atomic E-state index is -0.549. The van der Waals surface area contributed by atoms with Crippen molar-refractivity contribution in [2.75, 3.05) is 19.0 Å². The normalized spacial score (nSPS) is 10.5. The lowest BCUT2D eigenvalue weighted by Gasteiger charge is -2.11. The number of esters is 1. The van der Waals surface area contributed by atoms with Gasteiger partial charge in [-0.2, -0.15) is 5.26 Å². The van der Waals surface area contributed by atoms with Crippen molar-refractivity contribution in [1.82, 2.24) is 4.98 Å². The Bertz CT molecular complexity index is 1440. The quantitative estimate of drug-likeness (QED) is 0.368. The zero-order valence-electron chi connectivity index (χ0n) is 18.8. The van der Waals surface area contributed by atoms with Gasteiger partial charge < -0.3 is 14.8 Å². The Kier molecular flexibility index (Phi) is 6.57. The Morgan fingerprint density at radius 3 is 2.56 bits per heavy atom. The lowest BCUT2D eigenvalue weighted by molar-refractivity contribution is 0.0605. The Morgan fingerprint density at radius 1 is 1.15 bits per heavy atom. The number of pyridine rings is 1. The summed E-state index contributed by atoms with van der Waals surface area (Å²) in [4.78, 5) is 30.5. The smallest absolute Gasteiger partial charge is 0.348 e. The van der Waals surface area contributed by atoms with Crippen LogP contribution in [0, 0.1) is 18.3 Å². The van der Waals surface area contributed by atoms with Gasteiger partial charge in [0.2, 0.25) is 0 Å². The molecule has 1 amide bonds. The van der Waals surface area contributed by atoms with Gasteiger partial charge in [0.25, 0.3) is 5.91 Å². The summed E-state index contributed by atoms with van der Waals surface area (Å²) < 4.78 is 10.3. The monoisotopic (exact) mass is 471 g/mol. The molecular formula is C26H21N3O4S. The summed E-state index contributed by atoms with van der Waals surface area (Å²) in [5.74, 6) is -0.199. The van der Waals surface area contributed by atoms with E-state index >= 15 is 0 Å². The standard InChI is InChI=1S/C26H21N3O4S/c1-4-33-17-11-9-16(10-12-17)22-13-19(18-7-5-6-8-21(18)28-22)24(30)29-25-20(14-27)15(2)23(34-25)26(31)32-3/h5-13H,4H2,1-3H3,(H,29,30). The number of para-hydroxylation sites is 1. The van der Waals surface area contributed by atoms with Crippen LogP contribution in [0.25, 0.3) is 22.2 Å². The molecule has 2 aromatic heterocycles. The molecule has 0 aliphatic carbocycles. The number of fused-ring (bicyclic) bond motifs is 1. The third kappa shape index (κ3) is 4.34. The van der Waals surface area contributed by atoms with Crippen LogP contribution in [-0.2, 0) is 4.74 Å². The first-order valence-corrected chi connectivity index (χ1v) is 11.3. The van der Waals surface area contributed by atoms with Crippen LogP contribution in [0.4, 0.5) is 5.00 Å². The Balaban J connectivity index is 1.76. The number of methoxy groups -OCH3 is 1. The molecule has 0 fully saturated rings. The van der Waals surface area contributed by atoms with E-state index in [0.717, 1.165) is 22.6 Å². The molecule has 0 aliphatic heterocycles. The van der Waals surface area contributed by atoms with E-state index in [1.54, 1.807) is 13.0 Å². The Labute approximate surface area is 200 Å². The van der Waals surface area contributed by atoms with Crippen LogP contribution in [0.3, 0.4) is 0 Å². The largest absolute Gasteiger partial charge is 0.494 e. The maximum Gasteiger partial charge on any atom is 0.348 e. The lowest BCUT2D eigenvalue weighted by Crippen LogP contribution is -2.13. The number of ether oxygens (including phenoxy) is 2. The number of carbonyl (C=O) groups excluding carboxylic acids is 2. The van der Waals surface area contributed by atoms with Gasteiger partial charge in [0.05, 0.1) is 36.1 Å². The van der Waals surface area contributed by atoms with Crippen LogP contribution >= 0.6 is 11.3 Å². The molecule has 0 bridgehead atoms. The number of nitrogens with one attached hydrogen (secondary N) is 1. The van der Waals surface area contributed by atoms with E-state index < -0.39 is 11.9 Å². The maximum absolute atomic E-state index is 13.4. The molecule has 0 saturated carbocycles. The molecule has 4 rings (SSSR count). The fourth-order valence-electron chi connectivity index (χ4n) is 3.59. The minimum absolute atomic E-state index is 0.240. The van der Waals surface area contributed by atoms with Crippen molar-refractivity contribution < 1.29 is 19.1 Å². The van der Waals surface area contributed by atoms with E-state index in [2.05, 4.69) is 11.4 Å². The third-order valence-electron chi connectivity index (χ3n) is 5.28. The van der Waals surface area contributed by atoms with Gasteiger partial charge in [-0.15, -0.1) is 11.3 Å². The van der Waals surface area contributed by atoms with Crippen LogP contribution in [0.2, 0.25) is 0 Å². The van der Waals surface area contributed by atoms with Crippen LogP contribution in [0.5, 0.6) is 5.75 Å². The summed E-state index contributed by atoms with van der Waals surface area (Å²) >= 11 is 1.02. The number of benzene rings is 2. The Morgan fingerprint density at radius 2 is 1.88 bits per heavy atom. The van der Waals surface area contributed by atoms with E-state index in [9.17, 15) is 14.9 Å². The van der Waals surface area contributed by atoms with Crippen LogP contribution in [0.15, 0.2) is 54.6 Å². The van der Waals surface area contributed by atoms with Gasteiger partial charge in [-0.3, -0.25) is 4.79 Å². The second kappa shape index (κ2) is 9.73. The van der Waals surface area contributed by atoms with Crippen molar-refractivity contribution in [2.24, 2.45) is 0 Å². The number of rotatable bonds is 6. The maximum atomic E-state index is 13.4. The van der Waals surface area contributed by atoms with Crippen molar-refractivity contribution >= 4 is 39.1 Å². The Hall–Kier alpha value is -4.22. The van der Waals surface area contributed by atoms with Crippen molar-refractivity contribution in [3.63, 3.8) is 0 Å². The average Bonchev–Trinajstić information content (AvgIpc) is 3.18. The number of hydrogen-bond acceptors (Lipinski definition) is 7. The molecule has 34 heavy (non-hydrogen) atoms. The van der Waals surface area contributed by atoms with Crippen LogP contribution in [-0.4, -0.2) is 30.6 Å².